The van der Waals surface area contributed by atoms with Crippen LogP contribution in [0.25, 0.3) is 0 Å². The van der Waals surface area contributed by atoms with Crippen LogP contribution in [0, 0.1) is 17.2 Å². The van der Waals surface area contributed by atoms with Gasteiger partial charge in [0.25, 0.3) is 0 Å². The van der Waals surface area contributed by atoms with Crippen molar-refractivity contribution in [3.63, 3.8) is 0 Å². The Morgan fingerprint density at radius 2 is 2.12 bits per heavy atom. The van der Waals surface area contributed by atoms with E-state index in [2.05, 4.69) is 18.1 Å². The number of likely N-dealkylation sites (tertiary alicyclic amines) is 1. The fourth-order valence-corrected chi connectivity index (χ4v) is 2.98. The number of aliphatic hydroxyl groups excluding tert-OH is 1. The highest BCUT2D eigenvalue weighted by molar-refractivity contribution is 5.77. The van der Waals surface area contributed by atoms with E-state index in [0.717, 1.165) is 51.0 Å². The third-order valence-corrected chi connectivity index (χ3v) is 4.38. The minimum absolute atomic E-state index is 0.185. The summed E-state index contributed by atoms with van der Waals surface area (Å²) < 4.78 is 0. The molecule has 0 spiro atoms. The van der Waals surface area contributed by atoms with Crippen molar-refractivity contribution in [3.05, 3.63) is 36.5 Å². The molecular formula is C19H29N3O2. The lowest BCUT2D eigenvalue weighted by molar-refractivity contribution is -0.134. The van der Waals surface area contributed by atoms with Crippen molar-refractivity contribution in [1.29, 1.82) is 5.26 Å². The lowest BCUT2D eigenvalue weighted by Crippen LogP contribution is -2.37. The van der Waals surface area contributed by atoms with Crippen LogP contribution in [-0.2, 0) is 4.79 Å². The van der Waals surface area contributed by atoms with E-state index < -0.39 is 6.61 Å². The van der Waals surface area contributed by atoms with E-state index in [9.17, 15) is 4.79 Å². The quantitative estimate of drug-likeness (QED) is 0.546. The van der Waals surface area contributed by atoms with Crippen LogP contribution in [0.15, 0.2) is 36.5 Å². The summed E-state index contributed by atoms with van der Waals surface area (Å²) in [5.41, 5.74) is 1.40. The van der Waals surface area contributed by atoms with Crippen molar-refractivity contribution < 1.29 is 9.90 Å². The summed E-state index contributed by atoms with van der Waals surface area (Å²) in [7, 11) is 0. The van der Waals surface area contributed by atoms with Gasteiger partial charge in [-0.05, 0) is 56.8 Å². The first-order chi connectivity index (χ1) is 11.5. The molecule has 1 fully saturated rings. The van der Waals surface area contributed by atoms with E-state index >= 15 is 0 Å². The van der Waals surface area contributed by atoms with E-state index in [1.165, 1.54) is 0 Å². The third-order valence-electron chi connectivity index (χ3n) is 4.38. The monoisotopic (exact) mass is 331 g/mol. The Morgan fingerprint density at radius 1 is 1.38 bits per heavy atom. The average Bonchev–Trinajstić information content (AvgIpc) is 2.81. The van der Waals surface area contributed by atoms with Gasteiger partial charge in [-0.3, -0.25) is 9.69 Å². The van der Waals surface area contributed by atoms with Crippen molar-refractivity contribution in [2.24, 2.45) is 5.92 Å². The van der Waals surface area contributed by atoms with Crippen LogP contribution in [0.4, 0.5) is 0 Å². The van der Waals surface area contributed by atoms with E-state index in [1.54, 1.807) is 11.0 Å². The highest BCUT2D eigenvalue weighted by Gasteiger charge is 2.21. The molecule has 0 aromatic rings. The number of carbonyl (C=O) groups is 1. The summed E-state index contributed by atoms with van der Waals surface area (Å²) >= 11 is 0. The molecule has 0 aliphatic carbocycles. The van der Waals surface area contributed by atoms with E-state index in [0.29, 0.717) is 18.0 Å². The Morgan fingerprint density at radius 3 is 2.75 bits per heavy atom. The molecule has 1 aliphatic heterocycles. The van der Waals surface area contributed by atoms with Gasteiger partial charge in [0, 0.05) is 25.2 Å². The van der Waals surface area contributed by atoms with E-state index in [4.69, 9.17) is 10.4 Å². The van der Waals surface area contributed by atoms with Crippen molar-refractivity contribution >= 4 is 5.91 Å². The molecule has 0 aromatic carbocycles. The summed E-state index contributed by atoms with van der Waals surface area (Å²) in [4.78, 5) is 15.8. The first kappa shape index (κ1) is 20.1. The number of nitriles is 1. The molecule has 1 unspecified atom stereocenters. The molecular weight excluding hydrogens is 302 g/mol. The lowest BCUT2D eigenvalue weighted by Gasteiger charge is -2.25. The first-order valence-electron chi connectivity index (χ1n) is 8.56. The summed E-state index contributed by atoms with van der Waals surface area (Å²) in [6.07, 6.45) is 6.78. The zero-order valence-electron chi connectivity index (χ0n) is 14.7. The summed E-state index contributed by atoms with van der Waals surface area (Å²) in [5, 5.41) is 17.7. The number of amides is 1. The molecule has 1 amide bonds. The molecule has 132 valence electrons. The molecule has 1 heterocycles. The second kappa shape index (κ2) is 10.8. The number of nitrogens with zero attached hydrogens (tertiary/aromatic N) is 3. The first-order valence-corrected chi connectivity index (χ1v) is 8.56. The molecule has 0 radical (unpaired) electrons. The lowest BCUT2D eigenvalue weighted by atomic mass is 10.00. The summed E-state index contributed by atoms with van der Waals surface area (Å²) in [5.74, 6) is 0.294. The number of hydrogen-bond donors (Lipinski definition) is 1. The van der Waals surface area contributed by atoms with E-state index in [1.807, 2.05) is 19.1 Å². The van der Waals surface area contributed by atoms with Gasteiger partial charge in [-0.1, -0.05) is 19.2 Å². The molecule has 1 rings (SSSR count). The normalized spacial score (nSPS) is 18.8. The molecule has 0 bridgehead atoms. The smallest absolute Gasteiger partial charge is 0.248 e. The van der Waals surface area contributed by atoms with Gasteiger partial charge >= 0.3 is 0 Å². The molecule has 0 aromatic heterocycles. The number of hydrogen-bond acceptors (Lipinski definition) is 4. The summed E-state index contributed by atoms with van der Waals surface area (Å²) in [6, 6.07) is 1.99. The molecule has 24 heavy (non-hydrogen) atoms. The van der Waals surface area contributed by atoms with Gasteiger partial charge in [0.05, 0.1) is 6.07 Å². The zero-order valence-corrected chi connectivity index (χ0v) is 14.7. The molecule has 5 heteroatoms. The maximum atomic E-state index is 11.7. The predicted molar refractivity (Wildman–Crippen MR) is 96.2 cm³/mol. The molecule has 1 atom stereocenters. The number of carbonyl (C=O) groups excluding carboxylic acids is 1. The van der Waals surface area contributed by atoms with Gasteiger partial charge < -0.3 is 10.0 Å². The number of allylic oxidation sites excluding steroid dienone is 2. The van der Waals surface area contributed by atoms with Crippen LogP contribution >= 0.6 is 0 Å². The topological polar surface area (TPSA) is 67.6 Å². The zero-order chi connectivity index (χ0) is 17.9. The minimum atomic E-state index is -0.410. The highest BCUT2D eigenvalue weighted by Crippen LogP contribution is 2.19. The number of aliphatic hydroxyl groups is 1. The van der Waals surface area contributed by atoms with Crippen molar-refractivity contribution in [2.75, 3.05) is 39.3 Å². The van der Waals surface area contributed by atoms with Crippen LogP contribution in [0.2, 0.25) is 0 Å². The molecule has 0 saturated carbocycles. The molecule has 1 N–H and O–H groups in total. The van der Waals surface area contributed by atoms with Gasteiger partial charge in [-0.25, -0.2) is 0 Å². The van der Waals surface area contributed by atoms with Crippen molar-refractivity contribution in [3.8, 4) is 6.07 Å². The van der Waals surface area contributed by atoms with Crippen molar-refractivity contribution in [1.82, 2.24) is 9.80 Å². The molecule has 1 saturated heterocycles. The van der Waals surface area contributed by atoms with Crippen LogP contribution < -0.4 is 0 Å². The Kier molecular flexibility index (Phi) is 9.06. The SMILES string of the molecule is C=C(C#N)/C=C\C(=C)CN1CCCC(CN(CC)C(=O)CO)CC1. The number of rotatable bonds is 8. The highest BCUT2D eigenvalue weighted by atomic mass is 16.3. The molecule has 1 aliphatic rings. The molecule has 5 nitrogen and oxygen atoms in total. The largest absolute Gasteiger partial charge is 0.387 e. The van der Waals surface area contributed by atoms with Gasteiger partial charge in [0.1, 0.15) is 6.61 Å². The van der Waals surface area contributed by atoms with Crippen molar-refractivity contribution in [2.45, 2.75) is 26.2 Å². The fourth-order valence-electron chi connectivity index (χ4n) is 2.98. The summed E-state index contributed by atoms with van der Waals surface area (Å²) in [6.45, 7) is 13.3. The maximum absolute atomic E-state index is 11.7. The van der Waals surface area contributed by atoms with Crippen LogP contribution in [0.1, 0.15) is 26.2 Å². The second-order valence-electron chi connectivity index (χ2n) is 6.29. The van der Waals surface area contributed by atoms with Gasteiger partial charge in [0.2, 0.25) is 5.91 Å². The standard InChI is InChI=1S/C19H29N3O2/c1-4-22(19(24)15-23)14-18-6-5-10-21(11-9-18)13-17(3)8-7-16(2)12-20/h7-8,18,23H,2-6,9-11,13-15H2,1H3/b8-7-. The Bertz CT molecular complexity index is 519. The predicted octanol–water partition coefficient (Wildman–Crippen LogP) is 2.12. The Hall–Kier alpha value is -1.90. The Balaban J connectivity index is 2.46. The van der Waals surface area contributed by atoms with Crippen LogP contribution in [0.5, 0.6) is 0 Å². The van der Waals surface area contributed by atoms with E-state index in [-0.39, 0.29) is 5.91 Å². The van der Waals surface area contributed by atoms with Gasteiger partial charge in [-0.15, -0.1) is 0 Å². The van der Waals surface area contributed by atoms with Gasteiger partial charge in [0.15, 0.2) is 0 Å². The fraction of sp³-hybridized carbons (Fsp3) is 0.579. The maximum Gasteiger partial charge on any atom is 0.248 e. The van der Waals surface area contributed by atoms with Crippen LogP contribution in [0.3, 0.4) is 0 Å². The van der Waals surface area contributed by atoms with Gasteiger partial charge in [-0.2, -0.15) is 5.26 Å². The third kappa shape index (κ3) is 7.12. The average molecular weight is 331 g/mol. The number of likely N-dealkylation sites (N-methyl/N-ethyl adjacent to an activating group) is 1. The second-order valence-corrected chi connectivity index (χ2v) is 6.29. The Labute approximate surface area is 145 Å². The minimum Gasteiger partial charge on any atom is -0.387 e. The van der Waals surface area contributed by atoms with Crippen LogP contribution in [-0.4, -0.2) is 60.1 Å².